The summed E-state index contributed by atoms with van der Waals surface area (Å²) in [6.45, 7) is 7.53. The highest BCUT2D eigenvalue weighted by Crippen LogP contribution is 2.41. The van der Waals surface area contributed by atoms with Gasteiger partial charge in [0.1, 0.15) is 18.6 Å². The van der Waals surface area contributed by atoms with Crippen LogP contribution >= 0.6 is 18.7 Å². The van der Waals surface area contributed by atoms with Crippen LogP contribution in [0, 0.1) is 18.3 Å². The summed E-state index contributed by atoms with van der Waals surface area (Å²) in [4.78, 5) is 13.3. The van der Waals surface area contributed by atoms with E-state index in [1.54, 1.807) is 44.6 Å². The second-order valence-electron chi connectivity index (χ2n) is 8.80. The van der Waals surface area contributed by atoms with Gasteiger partial charge in [-0.1, -0.05) is 18.5 Å². The molecule has 0 unspecified atom stereocenters. The highest BCUT2D eigenvalue weighted by molar-refractivity contribution is 7.70. The predicted molar refractivity (Wildman–Crippen MR) is 131 cm³/mol. The third-order valence-electron chi connectivity index (χ3n) is 5.77. The molecule has 0 saturated carbocycles. The topological polar surface area (TPSA) is 124 Å². The lowest BCUT2D eigenvalue weighted by Crippen LogP contribution is -2.28. The number of benzene rings is 1. The molecule has 3 N–H and O–H groups in total. The molecule has 4 rings (SSSR count). The van der Waals surface area contributed by atoms with Crippen LogP contribution in [-0.4, -0.2) is 46.5 Å². The van der Waals surface area contributed by atoms with Crippen molar-refractivity contribution in [3.63, 3.8) is 0 Å². The Labute approximate surface area is 197 Å². The van der Waals surface area contributed by atoms with Crippen molar-refractivity contribution in [2.24, 2.45) is 0 Å². The van der Waals surface area contributed by atoms with E-state index in [9.17, 15) is 14.9 Å². The lowest BCUT2D eigenvalue weighted by atomic mass is 9.83. The summed E-state index contributed by atoms with van der Waals surface area (Å²) in [7, 11) is -2.61. The van der Waals surface area contributed by atoms with E-state index in [0.717, 1.165) is 16.8 Å². The van der Waals surface area contributed by atoms with Crippen molar-refractivity contribution in [2.75, 3.05) is 37.1 Å². The van der Waals surface area contributed by atoms with Crippen molar-refractivity contribution in [3.8, 4) is 17.3 Å². The summed E-state index contributed by atoms with van der Waals surface area (Å²) in [6, 6.07) is 9.41. The van der Waals surface area contributed by atoms with Gasteiger partial charge in [0.25, 0.3) is 0 Å². The number of anilines is 3. The van der Waals surface area contributed by atoms with Crippen molar-refractivity contribution in [3.05, 3.63) is 52.3 Å². The zero-order valence-corrected chi connectivity index (χ0v) is 20.4. The first-order valence-electron chi connectivity index (χ1n) is 10.3. The number of hydrogen-bond donors (Lipinski definition) is 3. The fraction of sp³-hybridized carbons (Fsp3) is 0.304. The van der Waals surface area contributed by atoms with Gasteiger partial charge in [0.05, 0.1) is 40.0 Å². The van der Waals surface area contributed by atoms with Gasteiger partial charge in [-0.05, 0) is 50.1 Å². The lowest BCUT2D eigenvalue weighted by Gasteiger charge is -2.21. The molecule has 0 radical (unpaired) electrons. The van der Waals surface area contributed by atoms with Gasteiger partial charge >= 0.3 is 0 Å². The zero-order chi connectivity index (χ0) is 24.0. The van der Waals surface area contributed by atoms with Gasteiger partial charge < -0.3 is 20.3 Å². The molecule has 170 valence electrons. The number of nitrogens with one attached hydrogen (secondary N) is 2. The largest absolute Gasteiger partial charge is 0.395 e. The Kier molecular flexibility index (Phi) is 5.92. The second kappa shape index (κ2) is 8.42. The first-order chi connectivity index (χ1) is 15.6. The molecule has 33 heavy (non-hydrogen) atoms. The third kappa shape index (κ3) is 4.32. The Balaban J connectivity index is 1.72. The van der Waals surface area contributed by atoms with Crippen LogP contribution in [0.5, 0.6) is 0 Å². The first kappa shape index (κ1) is 23.2. The van der Waals surface area contributed by atoms with Gasteiger partial charge in [-0.3, -0.25) is 0 Å². The highest BCUT2D eigenvalue weighted by Gasteiger charge is 2.36. The number of rotatable bonds is 5. The summed E-state index contributed by atoms with van der Waals surface area (Å²) in [5, 5.41) is 26.3. The number of nitrogens with zero attached hydrogens (tertiary/aromatic N) is 4. The smallest absolute Gasteiger partial charge is 0.227 e. The van der Waals surface area contributed by atoms with Crippen LogP contribution in [0.25, 0.3) is 11.3 Å². The van der Waals surface area contributed by atoms with E-state index in [1.807, 2.05) is 13.0 Å². The van der Waals surface area contributed by atoms with Crippen molar-refractivity contribution < 1.29 is 9.67 Å². The van der Waals surface area contributed by atoms with Crippen LogP contribution in [0.15, 0.2) is 30.5 Å². The predicted octanol–water partition coefficient (Wildman–Crippen LogP) is 4.04. The molecule has 10 heteroatoms. The van der Waals surface area contributed by atoms with Crippen LogP contribution in [0.4, 0.5) is 17.3 Å². The Morgan fingerprint density at radius 2 is 2.09 bits per heavy atom. The van der Waals surface area contributed by atoms with E-state index in [0.29, 0.717) is 45.6 Å². The zero-order valence-electron chi connectivity index (χ0n) is 18.8. The molecule has 1 aliphatic rings. The van der Waals surface area contributed by atoms with Gasteiger partial charge in [-0.25, -0.2) is 15.0 Å². The molecule has 3 heterocycles. The minimum Gasteiger partial charge on any atom is -0.395 e. The molecule has 1 aromatic carbocycles. The van der Waals surface area contributed by atoms with E-state index < -0.39 is 12.6 Å². The van der Waals surface area contributed by atoms with Crippen LogP contribution in [-0.2, 0) is 9.98 Å². The molecule has 1 atom stereocenters. The molecular formula is C23H24ClN6O2P. The molecule has 0 spiro atoms. The van der Waals surface area contributed by atoms with E-state index in [4.69, 9.17) is 11.6 Å². The molecule has 8 nitrogen and oxygen atoms in total. The summed E-state index contributed by atoms with van der Waals surface area (Å²) < 4.78 is 12.4. The molecular weight excluding hydrogens is 459 g/mol. The average molecular weight is 483 g/mol. The number of aliphatic hydroxyl groups excluding tert-OH is 1. The van der Waals surface area contributed by atoms with Crippen molar-refractivity contribution >= 4 is 41.5 Å². The molecule has 0 saturated heterocycles. The Morgan fingerprint density at radius 1 is 1.33 bits per heavy atom. The van der Waals surface area contributed by atoms with Gasteiger partial charge in [0, 0.05) is 23.7 Å². The van der Waals surface area contributed by atoms with Crippen molar-refractivity contribution in [1.29, 1.82) is 5.26 Å². The number of pyridine rings is 1. The normalized spacial score (nSPS) is 17.2. The summed E-state index contributed by atoms with van der Waals surface area (Å²) >= 11 is 6.33. The third-order valence-corrected chi connectivity index (χ3v) is 7.55. The lowest BCUT2D eigenvalue weighted by molar-refractivity contribution is 0.219. The maximum atomic E-state index is 12.4. The van der Waals surface area contributed by atoms with Crippen LogP contribution < -0.4 is 16.1 Å². The molecule has 2 aromatic heterocycles. The number of aromatic nitrogens is 3. The minimum absolute atomic E-state index is 0.0383. The number of halogens is 1. The van der Waals surface area contributed by atoms with Gasteiger partial charge in [-0.2, -0.15) is 5.26 Å². The number of nitriles is 1. The maximum Gasteiger partial charge on any atom is 0.227 e. The molecule has 0 aliphatic carbocycles. The van der Waals surface area contributed by atoms with Crippen molar-refractivity contribution in [1.82, 2.24) is 15.0 Å². The number of fused-ring (bicyclic) bond motifs is 1. The Morgan fingerprint density at radius 3 is 2.76 bits per heavy atom. The summed E-state index contributed by atoms with van der Waals surface area (Å²) in [6.07, 6.45) is 1.62. The van der Waals surface area contributed by atoms with Gasteiger partial charge in [0.2, 0.25) is 5.95 Å². The highest BCUT2D eigenvalue weighted by atomic mass is 35.5. The van der Waals surface area contributed by atoms with Gasteiger partial charge in [-0.15, -0.1) is 0 Å². The number of hydrogen-bond acceptors (Lipinski definition) is 8. The molecule has 0 bridgehead atoms. The fourth-order valence-corrected chi connectivity index (χ4v) is 5.57. The standard InChI is InChI=1S/C23H24ClN6O2P/c1-13-19(9-17(24)21(28-13)33(3,4)32)30-22-26-6-5-18(29-22)14-7-15(10-25)20-16(8-14)23(2,12-31)11-27-20/h5-9,27,31H,11-12H2,1-4H3,(H,26,29,30)/t23-/m1/s1. The number of aliphatic hydroxyl groups is 1. The Hall–Kier alpha value is -2.98. The molecule has 1 aliphatic heterocycles. The van der Waals surface area contributed by atoms with E-state index in [-0.39, 0.29) is 6.61 Å². The summed E-state index contributed by atoms with van der Waals surface area (Å²) in [5.74, 6) is 0.333. The first-order valence-corrected chi connectivity index (χ1v) is 13.3. The minimum atomic E-state index is -2.61. The molecule has 3 aromatic rings. The van der Waals surface area contributed by atoms with E-state index >= 15 is 0 Å². The van der Waals surface area contributed by atoms with Crippen molar-refractivity contribution in [2.45, 2.75) is 19.3 Å². The fourth-order valence-electron chi connectivity index (χ4n) is 3.84. The Bertz CT molecular complexity index is 1350. The number of aryl methyl sites for hydroxylation is 1. The quantitative estimate of drug-likeness (QED) is 0.465. The average Bonchev–Trinajstić information content (AvgIpc) is 3.12. The monoisotopic (exact) mass is 482 g/mol. The molecule has 0 amide bonds. The SMILES string of the molecule is Cc1nc(P(C)(C)=O)c(Cl)cc1Nc1nccc(-c2cc(C#N)c3c(c2)[C@@](C)(CO)CN3)n1. The van der Waals surface area contributed by atoms with Crippen LogP contribution in [0.2, 0.25) is 5.02 Å². The van der Waals surface area contributed by atoms with Crippen LogP contribution in [0.1, 0.15) is 23.7 Å². The summed E-state index contributed by atoms with van der Waals surface area (Å²) in [5.41, 5.74) is 4.66. The van der Waals surface area contributed by atoms with E-state index in [2.05, 4.69) is 31.7 Å². The van der Waals surface area contributed by atoms with E-state index in [1.165, 1.54) is 0 Å². The maximum absolute atomic E-state index is 12.4. The van der Waals surface area contributed by atoms with Crippen LogP contribution in [0.3, 0.4) is 0 Å². The van der Waals surface area contributed by atoms with Gasteiger partial charge in [0.15, 0.2) is 0 Å². The molecule has 0 fully saturated rings. The second-order valence-corrected chi connectivity index (χ2v) is 12.3.